The molecule has 6 heteroatoms. The predicted octanol–water partition coefficient (Wildman–Crippen LogP) is 2.16. The monoisotopic (exact) mass is 314 g/mol. The molecule has 1 fully saturated rings. The van der Waals surface area contributed by atoms with Crippen molar-refractivity contribution in [3.63, 3.8) is 0 Å². The van der Waals surface area contributed by atoms with E-state index in [4.69, 9.17) is 4.74 Å². The Balaban J connectivity index is 2.46. The summed E-state index contributed by atoms with van der Waals surface area (Å²) in [6.45, 7) is 5.81. The fourth-order valence-electron chi connectivity index (χ4n) is 2.06. The van der Waals surface area contributed by atoms with E-state index in [0.717, 1.165) is 0 Å². The van der Waals surface area contributed by atoms with Crippen molar-refractivity contribution >= 4 is 27.7 Å². The average molecular weight is 315 g/mol. The van der Waals surface area contributed by atoms with Crippen LogP contribution in [0.3, 0.4) is 0 Å². The molecule has 1 aliphatic heterocycles. The van der Waals surface area contributed by atoms with Gasteiger partial charge < -0.3 is 14.7 Å². The van der Waals surface area contributed by atoms with Crippen molar-refractivity contribution in [2.45, 2.75) is 19.4 Å². The van der Waals surface area contributed by atoms with Gasteiger partial charge in [0.15, 0.2) is 0 Å². The van der Waals surface area contributed by atoms with Gasteiger partial charge >= 0.3 is 5.97 Å². The fraction of sp³-hybridized carbons (Fsp3) is 0.500. The minimum Gasteiger partial charge on any atom is -0.478 e. The van der Waals surface area contributed by atoms with Crippen LogP contribution in [0.15, 0.2) is 16.7 Å². The number of ether oxygens (including phenoxy) is 1. The first kappa shape index (κ1) is 13.3. The zero-order valence-electron chi connectivity index (χ0n) is 10.3. The largest absolute Gasteiger partial charge is 0.478 e. The molecule has 1 N–H and O–H groups in total. The molecule has 5 nitrogen and oxygen atoms in total. The van der Waals surface area contributed by atoms with Crippen LogP contribution in [-0.4, -0.2) is 41.4 Å². The van der Waals surface area contributed by atoms with E-state index >= 15 is 0 Å². The molecule has 18 heavy (non-hydrogen) atoms. The summed E-state index contributed by atoms with van der Waals surface area (Å²) in [4.78, 5) is 17.6. The van der Waals surface area contributed by atoms with Gasteiger partial charge in [0, 0.05) is 17.2 Å². The number of anilines is 1. The highest BCUT2D eigenvalue weighted by molar-refractivity contribution is 9.10. The van der Waals surface area contributed by atoms with Crippen molar-refractivity contribution in [1.29, 1.82) is 0 Å². The molecule has 1 saturated heterocycles. The lowest BCUT2D eigenvalue weighted by molar-refractivity contribution is 0.0624. The summed E-state index contributed by atoms with van der Waals surface area (Å²) in [5, 5.41) is 9.27. The Morgan fingerprint density at radius 2 is 2.33 bits per heavy atom. The van der Waals surface area contributed by atoms with Crippen LogP contribution >= 0.6 is 15.9 Å². The van der Waals surface area contributed by atoms with Gasteiger partial charge in [0.25, 0.3) is 0 Å². The number of aromatic carboxylic acids is 1. The lowest BCUT2D eigenvalue weighted by Gasteiger charge is -2.43. The average Bonchev–Trinajstić information content (AvgIpc) is 2.29. The molecule has 0 atom stereocenters. The van der Waals surface area contributed by atoms with Crippen molar-refractivity contribution in [1.82, 2.24) is 4.98 Å². The highest BCUT2D eigenvalue weighted by Crippen LogP contribution is 2.29. The maximum Gasteiger partial charge on any atom is 0.339 e. The van der Waals surface area contributed by atoms with Gasteiger partial charge in [0.05, 0.1) is 18.8 Å². The Labute approximate surface area is 114 Å². The van der Waals surface area contributed by atoms with Gasteiger partial charge in [0.1, 0.15) is 11.4 Å². The van der Waals surface area contributed by atoms with Crippen LogP contribution in [0.4, 0.5) is 5.82 Å². The van der Waals surface area contributed by atoms with Crippen LogP contribution in [0, 0.1) is 0 Å². The van der Waals surface area contributed by atoms with E-state index in [1.807, 2.05) is 18.7 Å². The highest BCUT2D eigenvalue weighted by atomic mass is 79.9. The van der Waals surface area contributed by atoms with Gasteiger partial charge in [-0.2, -0.15) is 0 Å². The number of halogens is 1. The van der Waals surface area contributed by atoms with Crippen LogP contribution in [-0.2, 0) is 4.74 Å². The van der Waals surface area contributed by atoms with Crippen molar-refractivity contribution in [2.75, 3.05) is 24.7 Å². The van der Waals surface area contributed by atoms with E-state index in [1.165, 1.54) is 0 Å². The Hall–Kier alpha value is -1.14. The Morgan fingerprint density at radius 1 is 1.61 bits per heavy atom. The highest BCUT2D eigenvalue weighted by Gasteiger charge is 2.33. The number of aromatic nitrogens is 1. The normalized spacial score (nSPS) is 18.7. The van der Waals surface area contributed by atoms with Crippen molar-refractivity contribution in [3.8, 4) is 0 Å². The molecular formula is C12H15BrN2O3. The van der Waals surface area contributed by atoms with Gasteiger partial charge in [0.2, 0.25) is 0 Å². The number of carboxylic acid groups (broad SMARTS) is 1. The summed E-state index contributed by atoms with van der Waals surface area (Å²) in [6.07, 6.45) is 1.62. The maximum absolute atomic E-state index is 11.3. The summed E-state index contributed by atoms with van der Waals surface area (Å²) < 4.78 is 6.10. The first-order chi connectivity index (χ1) is 8.42. The van der Waals surface area contributed by atoms with E-state index in [9.17, 15) is 9.90 Å². The van der Waals surface area contributed by atoms with Crippen LogP contribution in [0.1, 0.15) is 24.2 Å². The smallest absolute Gasteiger partial charge is 0.339 e. The number of pyridine rings is 1. The Kier molecular flexibility index (Phi) is 3.59. The van der Waals surface area contributed by atoms with Crippen LogP contribution in [0.5, 0.6) is 0 Å². The number of rotatable bonds is 2. The predicted molar refractivity (Wildman–Crippen MR) is 71.1 cm³/mol. The first-order valence-electron chi connectivity index (χ1n) is 5.66. The number of morpholine rings is 1. The fourth-order valence-corrected chi connectivity index (χ4v) is 2.39. The number of nitrogens with zero attached hydrogens (tertiary/aromatic N) is 2. The molecule has 0 radical (unpaired) electrons. The number of carboxylic acids is 1. The minimum absolute atomic E-state index is 0.208. The van der Waals surface area contributed by atoms with Gasteiger partial charge in [-0.1, -0.05) is 0 Å². The van der Waals surface area contributed by atoms with Crippen LogP contribution in [0.25, 0.3) is 0 Å². The second-order valence-electron chi connectivity index (χ2n) is 4.85. The van der Waals surface area contributed by atoms with Crippen LogP contribution in [0.2, 0.25) is 0 Å². The summed E-state index contributed by atoms with van der Waals surface area (Å²) in [5.41, 5.74) is -0.0529. The third-order valence-corrected chi connectivity index (χ3v) is 3.40. The molecule has 2 rings (SSSR count). The SMILES string of the molecule is CC1(C)COCCN1c1ncc(Br)cc1C(=O)O. The molecule has 0 bridgehead atoms. The van der Waals surface area contributed by atoms with Crippen molar-refractivity contribution in [2.24, 2.45) is 0 Å². The summed E-state index contributed by atoms with van der Waals surface area (Å²) in [6, 6.07) is 1.58. The van der Waals surface area contributed by atoms with Crippen molar-refractivity contribution < 1.29 is 14.6 Å². The van der Waals surface area contributed by atoms with E-state index in [0.29, 0.717) is 30.0 Å². The standard InChI is InChI=1S/C12H15BrN2O3/c1-12(2)7-18-4-3-15(12)10-9(11(16)17)5-8(13)6-14-10/h5-6H,3-4,7H2,1-2H3,(H,16,17). The molecule has 1 aromatic heterocycles. The first-order valence-corrected chi connectivity index (χ1v) is 6.45. The van der Waals surface area contributed by atoms with Gasteiger partial charge in [-0.05, 0) is 35.8 Å². The van der Waals surface area contributed by atoms with Gasteiger partial charge in [-0.3, -0.25) is 0 Å². The third-order valence-electron chi connectivity index (χ3n) is 2.96. The summed E-state index contributed by atoms with van der Waals surface area (Å²) in [5.74, 6) is -0.472. The molecule has 2 heterocycles. The second kappa shape index (κ2) is 4.85. The molecular weight excluding hydrogens is 300 g/mol. The lowest BCUT2D eigenvalue weighted by Crippen LogP contribution is -2.54. The molecule has 0 aliphatic carbocycles. The van der Waals surface area contributed by atoms with E-state index in [2.05, 4.69) is 20.9 Å². The number of carbonyl (C=O) groups is 1. The van der Waals surface area contributed by atoms with Crippen LogP contribution < -0.4 is 4.90 Å². The zero-order chi connectivity index (χ0) is 13.3. The number of hydrogen-bond acceptors (Lipinski definition) is 4. The lowest BCUT2D eigenvalue weighted by atomic mass is 10.0. The molecule has 0 saturated carbocycles. The molecule has 0 unspecified atom stereocenters. The molecule has 0 aromatic carbocycles. The van der Waals surface area contributed by atoms with Gasteiger partial charge in [-0.25, -0.2) is 9.78 Å². The van der Waals surface area contributed by atoms with Gasteiger partial charge in [-0.15, -0.1) is 0 Å². The van der Waals surface area contributed by atoms with E-state index in [1.54, 1.807) is 12.3 Å². The molecule has 98 valence electrons. The Bertz CT molecular complexity index is 476. The topological polar surface area (TPSA) is 62.7 Å². The summed E-state index contributed by atoms with van der Waals surface area (Å²) >= 11 is 3.25. The Morgan fingerprint density at radius 3 is 2.94 bits per heavy atom. The molecule has 0 spiro atoms. The minimum atomic E-state index is -0.971. The second-order valence-corrected chi connectivity index (χ2v) is 5.76. The summed E-state index contributed by atoms with van der Waals surface area (Å²) in [7, 11) is 0. The van der Waals surface area contributed by atoms with Crippen molar-refractivity contribution in [3.05, 3.63) is 22.3 Å². The quantitative estimate of drug-likeness (QED) is 0.906. The zero-order valence-corrected chi connectivity index (χ0v) is 11.9. The van der Waals surface area contributed by atoms with E-state index < -0.39 is 5.97 Å². The maximum atomic E-state index is 11.3. The molecule has 1 aromatic rings. The third kappa shape index (κ3) is 2.49. The van der Waals surface area contributed by atoms with E-state index in [-0.39, 0.29) is 11.1 Å². The molecule has 0 amide bonds. The molecule has 1 aliphatic rings. The number of hydrogen-bond donors (Lipinski definition) is 1.